The van der Waals surface area contributed by atoms with Crippen LogP contribution in [0.15, 0.2) is 18.2 Å². The van der Waals surface area contributed by atoms with Crippen LogP contribution in [0.1, 0.15) is 82.8 Å². The highest BCUT2D eigenvalue weighted by Crippen LogP contribution is 2.39. The lowest BCUT2D eigenvalue weighted by atomic mass is 9.96. The molecule has 3 fully saturated rings. The second-order valence-corrected chi connectivity index (χ2v) is 22.2. The zero-order chi connectivity index (χ0) is 61.0. The number of anilines is 1. The predicted octanol–water partition coefficient (Wildman–Crippen LogP) is -3.03. The number of hydrogen-bond acceptors (Lipinski definition) is 18. The second-order valence-electron chi connectivity index (χ2n) is 22.2. The van der Waals surface area contributed by atoms with E-state index < -0.39 is 133 Å². The van der Waals surface area contributed by atoms with E-state index in [0.717, 1.165) is 11.1 Å². The summed E-state index contributed by atoms with van der Waals surface area (Å²) in [4.78, 5) is 163. The molecule has 6 rings (SSSR count). The number of piperidine rings is 1. The molecule has 0 saturated carbocycles. The van der Waals surface area contributed by atoms with Gasteiger partial charge in [-0.2, -0.15) is 0 Å². The Morgan fingerprint density at radius 2 is 1.26 bits per heavy atom. The molecular formula is C55H81N11O18. The maximum atomic E-state index is 14.3. The highest BCUT2D eigenvalue weighted by atomic mass is 16.5. The molecule has 1 aromatic rings. The van der Waals surface area contributed by atoms with Gasteiger partial charge in [-0.1, -0.05) is 38.5 Å². The number of aryl methyl sites for hydroxylation is 1. The Balaban J connectivity index is 0.958. The molecular weight excluding hydrogens is 1100 g/mol. The van der Waals surface area contributed by atoms with Gasteiger partial charge in [-0.05, 0) is 74.6 Å². The predicted molar refractivity (Wildman–Crippen MR) is 296 cm³/mol. The Bertz CT molecular complexity index is 2540. The van der Waals surface area contributed by atoms with E-state index in [9.17, 15) is 78.0 Å². The van der Waals surface area contributed by atoms with Crippen LogP contribution in [0.25, 0.3) is 0 Å². The summed E-state index contributed by atoms with van der Waals surface area (Å²) in [7, 11) is 0. The first kappa shape index (κ1) is 65.8. The Morgan fingerprint density at radius 3 is 1.85 bits per heavy atom. The molecule has 3 saturated heterocycles. The van der Waals surface area contributed by atoms with Crippen molar-refractivity contribution in [1.29, 1.82) is 0 Å². The van der Waals surface area contributed by atoms with Crippen molar-refractivity contribution in [3.63, 3.8) is 0 Å². The van der Waals surface area contributed by atoms with Crippen LogP contribution >= 0.6 is 0 Å². The van der Waals surface area contributed by atoms with Crippen molar-refractivity contribution in [1.82, 2.24) is 51.5 Å². The Kier molecular flexibility index (Phi) is 25.1. The van der Waals surface area contributed by atoms with Crippen LogP contribution in [0.3, 0.4) is 0 Å². The van der Waals surface area contributed by atoms with Gasteiger partial charge >= 0.3 is 29.8 Å². The highest BCUT2D eigenvalue weighted by Gasteiger charge is 2.45. The number of esters is 1. The fraction of sp³-hybridized carbons (Fsp3) is 0.673. The van der Waals surface area contributed by atoms with E-state index in [0.29, 0.717) is 90.3 Å². The summed E-state index contributed by atoms with van der Waals surface area (Å²) < 4.78 is 10.5. The number of carboxylic acid groups (broad SMARTS) is 4. The summed E-state index contributed by atoms with van der Waals surface area (Å²) in [6, 6.07) is -0.963. The van der Waals surface area contributed by atoms with Crippen LogP contribution in [0, 0.1) is 11.8 Å². The largest absolute Gasteiger partial charge is 0.481 e. The lowest BCUT2D eigenvalue weighted by Gasteiger charge is -2.35. The minimum absolute atomic E-state index is 0.00704. The van der Waals surface area contributed by atoms with Crippen molar-refractivity contribution in [3.05, 3.63) is 29.3 Å². The van der Waals surface area contributed by atoms with Crippen LogP contribution in [0.4, 0.5) is 5.69 Å². The molecule has 0 spiro atoms. The molecule has 0 radical (unpaired) electrons. The third kappa shape index (κ3) is 20.2. The standard InChI is InChI=1S/C55H81N11O18/c1-3-33(2)49(54(81)60-40-8-7-35-5-4-6-36-25-41(66(50(35)36)55(40)82)53(80)57-37-26-48(77)84-31-37)61-43(68)32-83-24-15-56-51(78)38(9-11-44(69)70)59-52(79)39(10-12-45(71)72)58-42(67)28-62-16-13-34(14-17-62)27-63-18-20-64(29-46(73)74)22-23-65(21-19-63)30-47(75)76/h4-6,33-34,37-41,49H,3,7-32H2,1-2H3,(H,56,78)(H,57,80)(H,58,67)(H,59,79)(H,60,81)(H,61,68)(H,69,70)(H,71,72)(H,73,74)(H,75,76)/t33-,37-,38+,39+,40-,41-,49-/m0/s1. The van der Waals surface area contributed by atoms with Crippen molar-refractivity contribution in [3.8, 4) is 0 Å². The monoisotopic (exact) mass is 1180 g/mol. The summed E-state index contributed by atoms with van der Waals surface area (Å²) in [6.45, 7) is 6.86. The van der Waals surface area contributed by atoms with Crippen molar-refractivity contribution >= 4 is 76.9 Å². The van der Waals surface area contributed by atoms with E-state index in [1.54, 1.807) is 16.7 Å². The first-order chi connectivity index (χ1) is 40.1. The van der Waals surface area contributed by atoms with E-state index in [4.69, 9.17) is 9.47 Å². The molecule has 1 aromatic carbocycles. The average Bonchev–Trinajstić information content (AvgIpc) is 2.58. The van der Waals surface area contributed by atoms with E-state index in [1.807, 2.05) is 30.0 Å². The Morgan fingerprint density at radius 1 is 0.667 bits per heavy atom. The van der Waals surface area contributed by atoms with Crippen LogP contribution < -0.4 is 36.8 Å². The summed E-state index contributed by atoms with van der Waals surface area (Å²) >= 11 is 0. The zero-order valence-corrected chi connectivity index (χ0v) is 47.7. The molecule has 5 aliphatic rings. The third-order valence-electron chi connectivity index (χ3n) is 15.9. The molecule has 29 nitrogen and oxygen atoms in total. The lowest BCUT2D eigenvalue weighted by molar-refractivity contribution is -0.140. The van der Waals surface area contributed by atoms with Gasteiger partial charge in [-0.25, -0.2) is 0 Å². The minimum atomic E-state index is -1.45. The van der Waals surface area contributed by atoms with Crippen molar-refractivity contribution < 1.29 is 87.4 Å². The van der Waals surface area contributed by atoms with Crippen LogP contribution in [0.2, 0.25) is 0 Å². The third-order valence-corrected chi connectivity index (χ3v) is 15.9. The number of cyclic esters (lactones) is 1. The van der Waals surface area contributed by atoms with Gasteiger partial charge < -0.3 is 66.7 Å². The topological polar surface area (TPSA) is 393 Å². The molecule has 7 atom stereocenters. The number of ether oxygens (including phenoxy) is 2. The molecule has 0 aliphatic carbocycles. The number of amides is 7. The van der Waals surface area contributed by atoms with E-state index in [1.165, 1.54) is 4.90 Å². The highest BCUT2D eigenvalue weighted by molar-refractivity contribution is 6.08. The average molecular weight is 1180 g/mol. The SMILES string of the molecule is CC[C@H](C)[C@H](NC(=O)COCCNC(=O)[C@@H](CCC(=O)O)NC(=O)[C@@H](CCC(=O)O)NC(=O)CN1CCC(CN2CCN(CC(=O)O)CCN(CC(=O)O)CC2)CC1)C(=O)N[C@H]1CCc2cccc3c2N(C1=O)[C@H](C(=O)N[C@@H]1COC(=O)C1)C3. The normalized spacial score (nSPS) is 21.4. The number of carbonyl (C=O) groups excluding carboxylic acids is 8. The van der Waals surface area contributed by atoms with Gasteiger partial charge in [-0.15, -0.1) is 0 Å². The summed E-state index contributed by atoms with van der Waals surface area (Å²) in [6.07, 6.45) is 0.915. The van der Waals surface area contributed by atoms with E-state index >= 15 is 0 Å². The maximum Gasteiger partial charge on any atom is 0.317 e. The molecule has 10 N–H and O–H groups in total. The van der Waals surface area contributed by atoms with E-state index in [-0.39, 0.29) is 77.4 Å². The zero-order valence-electron chi connectivity index (χ0n) is 47.7. The number of hydrogen-bond donors (Lipinski definition) is 10. The number of aliphatic carboxylic acids is 4. The number of benzene rings is 1. The summed E-state index contributed by atoms with van der Waals surface area (Å²) in [5.74, 6) is -9.72. The van der Waals surface area contributed by atoms with Crippen LogP contribution in [0.5, 0.6) is 0 Å². The molecule has 0 bridgehead atoms. The van der Waals surface area contributed by atoms with E-state index in [2.05, 4.69) is 36.8 Å². The van der Waals surface area contributed by atoms with Crippen LogP contribution in [-0.2, 0) is 79.8 Å². The molecule has 5 heterocycles. The van der Waals surface area contributed by atoms with Gasteiger partial charge in [0.15, 0.2) is 0 Å². The Labute approximate surface area is 486 Å². The van der Waals surface area contributed by atoms with Gasteiger partial charge in [0.2, 0.25) is 41.4 Å². The van der Waals surface area contributed by atoms with Crippen LogP contribution in [-0.4, -0.2) is 252 Å². The second kappa shape index (κ2) is 32.1. The molecule has 29 heteroatoms. The number of para-hydroxylation sites is 1. The Hall–Kier alpha value is -7.34. The van der Waals surface area contributed by atoms with Gasteiger partial charge in [0, 0.05) is 71.6 Å². The first-order valence-corrected chi connectivity index (χ1v) is 28.8. The molecule has 0 unspecified atom stereocenters. The quantitative estimate of drug-likeness (QED) is 0.0271. The minimum Gasteiger partial charge on any atom is -0.481 e. The number of nitrogens with zero attached hydrogens (tertiary/aromatic N) is 5. The smallest absolute Gasteiger partial charge is 0.317 e. The number of nitrogens with one attached hydrogen (secondary N) is 6. The fourth-order valence-electron chi connectivity index (χ4n) is 11.1. The first-order valence-electron chi connectivity index (χ1n) is 28.8. The molecule has 84 heavy (non-hydrogen) atoms. The van der Waals surface area contributed by atoms with Gasteiger partial charge in [0.1, 0.15) is 43.4 Å². The van der Waals surface area contributed by atoms with Gasteiger partial charge in [0.05, 0.1) is 44.4 Å². The lowest BCUT2D eigenvalue weighted by Crippen LogP contribution is -2.58. The number of likely N-dealkylation sites (tertiary alicyclic amines) is 1. The number of rotatable bonds is 30. The fourth-order valence-corrected chi connectivity index (χ4v) is 11.1. The van der Waals surface area contributed by atoms with Gasteiger partial charge in [0.25, 0.3) is 0 Å². The van der Waals surface area contributed by atoms with Crippen molar-refractivity contribution in [2.75, 3.05) is 110 Å². The summed E-state index contributed by atoms with van der Waals surface area (Å²) in [5.41, 5.74) is 2.24. The molecule has 464 valence electrons. The molecule has 5 aliphatic heterocycles. The molecule has 0 aromatic heterocycles. The summed E-state index contributed by atoms with van der Waals surface area (Å²) in [5, 5.41) is 53.6. The van der Waals surface area contributed by atoms with Gasteiger partial charge in [-0.3, -0.25) is 77.1 Å². The number of carbonyl (C=O) groups is 12. The number of carboxylic acids is 4. The van der Waals surface area contributed by atoms with Crippen molar-refractivity contribution in [2.45, 2.75) is 121 Å². The van der Waals surface area contributed by atoms with Crippen molar-refractivity contribution in [2.24, 2.45) is 11.8 Å². The molecule has 7 amide bonds. The maximum absolute atomic E-state index is 14.3.